The molecule has 11 nitrogen and oxygen atoms in total. The van der Waals surface area contributed by atoms with E-state index in [2.05, 4.69) is 60.1 Å². The fourth-order valence-corrected chi connectivity index (χ4v) is 6.28. The predicted octanol–water partition coefficient (Wildman–Crippen LogP) is 6.50. The second-order valence-corrected chi connectivity index (χ2v) is 25.0. The number of pyridine rings is 1. The molecule has 0 saturated heterocycles. The summed E-state index contributed by atoms with van der Waals surface area (Å²) in [7, 11) is -6.85. The zero-order chi connectivity index (χ0) is 30.7. The predicted molar refractivity (Wildman–Crippen MR) is 173 cm³/mol. The van der Waals surface area contributed by atoms with Crippen molar-refractivity contribution in [2.45, 2.75) is 64.9 Å². The SMILES string of the molecule is Cc1cccc(COC(=O)Nc2cccnc2/C=N/NC(N)=S)c1OP(=O)(OCC[Si](C)(C)C)OCC[Si](C)(C)C. The topological polar surface area (TPSA) is 146 Å². The van der Waals surface area contributed by atoms with E-state index >= 15 is 0 Å². The molecule has 226 valence electrons. The minimum Gasteiger partial charge on any atom is -0.444 e. The molecule has 2 aromatic rings. The fraction of sp³-hybridized carbons (Fsp3) is 0.462. The van der Waals surface area contributed by atoms with Crippen LogP contribution in [0.4, 0.5) is 10.5 Å². The van der Waals surface area contributed by atoms with Gasteiger partial charge in [-0.1, -0.05) is 57.5 Å². The first-order valence-electron chi connectivity index (χ1n) is 13.2. The number of hydrogen-bond donors (Lipinski definition) is 3. The number of rotatable bonds is 15. The highest BCUT2D eigenvalue weighted by atomic mass is 32.1. The van der Waals surface area contributed by atoms with Crippen LogP contribution in [-0.2, 0) is 25.0 Å². The Kier molecular flexibility index (Phi) is 13.1. The molecule has 4 N–H and O–H groups in total. The molecule has 2 rings (SSSR count). The van der Waals surface area contributed by atoms with Crippen LogP contribution in [0.3, 0.4) is 0 Å². The lowest BCUT2D eigenvalue weighted by molar-refractivity contribution is 0.151. The van der Waals surface area contributed by atoms with Gasteiger partial charge in [0.1, 0.15) is 18.1 Å². The van der Waals surface area contributed by atoms with Gasteiger partial charge in [0.25, 0.3) is 0 Å². The molecule has 0 aliphatic carbocycles. The van der Waals surface area contributed by atoms with Gasteiger partial charge in [-0.3, -0.25) is 24.8 Å². The molecular weight excluding hydrogens is 598 g/mol. The van der Waals surface area contributed by atoms with Gasteiger partial charge in [0.2, 0.25) is 0 Å². The molecule has 0 aliphatic rings. The highest BCUT2D eigenvalue weighted by Crippen LogP contribution is 2.51. The third-order valence-corrected chi connectivity index (χ3v) is 10.4. The fourth-order valence-electron chi connectivity index (χ4n) is 3.16. The van der Waals surface area contributed by atoms with E-state index < -0.39 is 30.1 Å². The van der Waals surface area contributed by atoms with E-state index in [4.69, 9.17) is 36.3 Å². The lowest BCUT2D eigenvalue weighted by Gasteiger charge is -2.24. The van der Waals surface area contributed by atoms with Crippen LogP contribution in [0.1, 0.15) is 16.8 Å². The summed E-state index contributed by atoms with van der Waals surface area (Å²) in [5.41, 5.74) is 9.74. The molecule has 0 atom stereocenters. The molecule has 0 fully saturated rings. The molecule has 1 heterocycles. The second-order valence-electron chi connectivity index (χ2n) is 11.8. The highest BCUT2D eigenvalue weighted by molar-refractivity contribution is 7.80. The smallest absolute Gasteiger partial charge is 0.444 e. The average molecular weight is 640 g/mol. The highest BCUT2D eigenvalue weighted by Gasteiger charge is 2.32. The number of aromatic nitrogens is 1. The second kappa shape index (κ2) is 15.6. The molecule has 0 radical (unpaired) electrons. The number of nitrogens with two attached hydrogens (primary N) is 1. The number of hydrogen-bond acceptors (Lipinski definition) is 9. The van der Waals surface area contributed by atoms with Crippen molar-refractivity contribution in [3.05, 3.63) is 53.3 Å². The third-order valence-electron chi connectivity index (χ3n) is 5.50. The Morgan fingerprint density at radius 1 is 1.07 bits per heavy atom. The number of aryl methyl sites for hydroxylation is 1. The van der Waals surface area contributed by atoms with Crippen molar-refractivity contribution in [3.8, 4) is 5.75 Å². The summed E-state index contributed by atoms with van der Waals surface area (Å²) < 4.78 is 36.9. The number of nitrogens with zero attached hydrogens (tertiary/aromatic N) is 2. The standard InChI is InChI=1S/C26H42N5O6PSSi2/c1-20-10-8-11-21(19-34-26(32)30-22-12-9-13-28-23(22)18-29-31-25(27)39)24(20)37-38(33,35-14-16-40(2,3)4)36-15-17-41(5,6)7/h8-13,18H,14-17,19H2,1-7H3,(H,30,32)(H3,27,31,39)/b29-18+. The van der Waals surface area contributed by atoms with Crippen LogP contribution < -0.4 is 21.0 Å². The van der Waals surface area contributed by atoms with Crippen LogP contribution >= 0.6 is 20.0 Å². The summed E-state index contributed by atoms with van der Waals surface area (Å²) in [6, 6.07) is 10.2. The van der Waals surface area contributed by atoms with E-state index in [1.54, 1.807) is 30.5 Å². The number of thiocarbonyl (C=S) groups is 1. The van der Waals surface area contributed by atoms with Gasteiger partial charge in [-0.15, -0.1) is 0 Å². The van der Waals surface area contributed by atoms with Crippen molar-refractivity contribution in [1.29, 1.82) is 0 Å². The van der Waals surface area contributed by atoms with E-state index in [0.717, 1.165) is 12.1 Å². The summed E-state index contributed by atoms with van der Waals surface area (Å²) in [6.45, 7) is 15.5. The van der Waals surface area contributed by atoms with Crippen LogP contribution in [-0.4, -0.2) is 51.8 Å². The van der Waals surface area contributed by atoms with Crippen LogP contribution in [0.5, 0.6) is 5.75 Å². The number of benzene rings is 1. The normalized spacial score (nSPS) is 12.3. The number of phosphoric ester groups is 1. The zero-order valence-corrected chi connectivity index (χ0v) is 28.6. The Labute approximate surface area is 250 Å². The molecular formula is C26H42N5O6PSSi2. The summed E-state index contributed by atoms with van der Waals surface area (Å²) in [4.78, 5) is 16.8. The summed E-state index contributed by atoms with van der Waals surface area (Å²) in [5.74, 6) is 0.294. The lowest BCUT2D eigenvalue weighted by Crippen LogP contribution is -2.24. The van der Waals surface area contributed by atoms with E-state index in [-0.39, 0.29) is 24.9 Å². The molecule has 0 saturated carbocycles. The number of anilines is 1. The first kappa shape index (κ1) is 34.6. The van der Waals surface area contributed by atoms with Crippen LogP contribution in [0.25, 0.3) is 0 Å². The van der Waals surface area contributed by atoms with E-state index in [0.29, 0.717) is 28.3 Å². The number of para-hydroxylation sites is 1. The van der Waals surface area contributed by atoms with Gasteiger partial charge in [-0.05, 0) is 48.9 Å². The molecule has 1 aromatic heterocycles. The summed E-state index contributed by atoms with van der Waals surface area (Å²) in [6.07, 6.45) is 2.18. The van der Waals surface area contributed by atoms with E-state index in [1.807, 2.05) is 13.0 Å². The number of amides is 1. The Morgan fingerprint density at radius 2 is 1.71 bits per heavy atom. The lowest BCUT2D eigenvalue weighted by atomic mass is 10.1. The van der Waals surface area contributed by atoms with Crippen molar-refractivity contribution in [2.24, 2.45) is 10.8 Å². The van der Waals surface area contributed by atoms with Gasteiger partial charge in [-0.2, -0.15) is 5.10 Å². The van der Waals surface area contributed by atoms with Gasteiger partial charge in [0.15, 0.2) is 5.11 Å². The van der Waals surface area contributed by atoms with Crippen LogP contribution in [0.2, 0.25) is 51.4 Å². The molecule has 0 spiro atoms. The largest absolute Gasteiger partial charge is 0.530 e. The number of hydrazone groups is 1. The molecule has 0 aliphatic heterocycles. The van der Waals surface area contributed by atoms with Crippen molar-refractivity contribution < 1.29 is 27.7 Å². The maximum absolute atomic E-state index is 13.8. The van der Waals surface area contributed by atoms with E-state index in [9.17, 15) is 9.36 Å². The molecule has 15 heteroatoms. The van der Waals surface area contributed by atoms with Gasteiger partial charge in [0.05, 0.1) is 25.1 Å². The first-order chi connectivity index (χ1) is 19.1. The molecule has 1 amide bonds. The Bertz CT molecular complexity index is 1250. The summed E-state index contributed by atoms with van der Waals surface area (Å²) >= 11 is 4.72. The van der Waals surface area contributed by atoms with Gasteiger partial charge < -0.3 is 15.0 Å². The minimum atomic E-state index is -3.95. The minimum absolute atomic E-state index is 0.00488. The van der Waals surface area contributed by atoms with Gasteiger partial charge in [0, 0.05) is 27.9 Å². The van der Waals surface area contributed by atoms with Crippen LogP contribution in [0.15, 0.2) is 41.6 Å². The Hall–Kier alpha value is -2.62. The molecule has 0 unspecified atom stereocenters. The number of phosphoric acid groups is 1. The molecule has 0 bridgehead atoms. The van der Waals surface area contributed by atoms with Crippen LogP contribution in [0, 0.1) is 6.92 Å². The van der Waals surface area contributed by atoms with Crippen molar-refractivity contribution >= 4 is 59.3 Å². The van der Waals surface area contributed by atoms with Crippen molar-refractivity contribution in [3.63, 3.8) is 0 Å². The van der Waals surface area contributed by atoms with Crippen molar-refractivity contribution in [1.82, 2.24) is 10.4 Å². The molecule has 41 heavy (non-hydrogen) atoms. The maximum Gasteiger partial charge on any atom is 0.530 e. The van der Waals surface area contributed by atoms with E-state index in [1.165, 1.54) is 6.21 Å². The number of carbonyl (C=O) groups excluding carboxylic acids is 1. The number of carbonyl (C=O) groups is 1. The quantitative estimate of drug-likeness (QED) is 0.0649. The summed E-state index contributed by atoms with van der Waals surface area (Å²) in [5, 5.41) is 6.51. The van der Waals surface area contributed by atoms with Gasteiger partial charge in [-0.25, -0.2) is 9.36 Å². The first-order valence-corrected chi connectivity index (χ1v) is 22.5. The third kappa shape index (κ3) is 13.7. The number of nitrogens with one attached hydrogen (secondary N) is 2. The zero-order valence-electron chi connectivity index (χ0n) is 24.9. The average Bonchev–Trinajstić information content (AvgIpc) is 2.83. The Balaban J connectivity index is 2.17. The maximum atomic E-state index is 13.8. The van der Waals surface area contributed by atoms with Crippen molar-refractivity contribution in [2.75, 3.05) is 18.5 Å². The number of ether oxygens (including phenoxy) is 1. The Morgan fingerprint density at radius 3 is 2.29 bits per heavy atom. The van der Waals surface area contributed by atoms with Gasteiger partial charge >= 0.3 is 13.9 Å². The molecule has 1 aromatic carbocycles. The monoisotopic (exact) mass is 639 g/mol.